The Hall–Kier alpha value is -2.71. The van der Waals surface area contributed by atoms with Gasteiger partial charge in [0.15, 0.2) is 0 Å². The fraction of sp³-hybridized carbons (Fsp3) is 0.269. The quantitative estimate of drug-likeness (QED) is 0.503. The molecule has 0 aliphatic carbocycles. The smallest absolute Gasteiger partial charge is 0.241 e. The lowest BCUT2D eigenvalue weighted by molar-refractivity contribution is -0.120. The Balaban J connectivity index is 1.35. The van der Waals surface area contributed by atoms with E-state index in [1.54, 1.807) is 12.1 Å². The molecular weight excluding hydrogens is 470 g/mol. The largest absolute Gasteiger partial charge is 0.307 e. The Morgan fingerprint density at radius 2 is 1.50 bits per heavy atom. The molecule has 0 saturated carbocycles. The number of benzene rings is 3. The first-order valence-electron chi connectivity index (χ1n) is 11.3. The van der Waals surface area contributed by atoms with Gasteiger partial charge in [-0.25, -0.2) is 13.1 Å². The van der Waals surface area contributed by atoms with Crippen LogP contribution in [0, 0.1) is 0 Å². The summed E-state index contributed by atoms with van der Waals surface area (Å²) in [5.41, 5.74) is 1.93. The van der Waals surface area contributed by atoms with Crippen LogP contribution in [0.3, 0.4) is 0 Å². The fourth-order valence-electron chi connectivity index (χ4n) is 4.08. The summed E-state index contributed by atoms with van der Waals surface area (Å²) in [4.78, 5) is 17.4. The molecule has 1 saturated heterocycles. The van der Waals surface area contributed by atoms with E-state index in [0.717, 1.165) is 11.3 Å². The van der Waals surface area contributed by atoms with Crippen molar-refractivity contribution >= 4 is 33.2 Å². The zero-order valence-electron chi connectivity index (χ0n) is 18.8. The van der Waals surface area contributed by atoms with Gasteiger partial charge in [-0.15, -0.1) is 0 Å². The second kappa shape index (κ2) is 11.1. The number of piperidine rings is 1. The average Bonchev–Trinajstić information content (AvgIpc) is 2.85. The van der Waals surface area contributed by atoms with Gasteiger partial charge in [0.25, 0.3) is 0 Å². The third kappa shape index (κ3) is 6.45. The van der Waals surface area contributed by atoms with Crippen LogP contribution in [0.1, 0.15) is 18.4 Å². The fourth-order valence-corrected chi connectivity index (χ4v) is 5.52. The highest BCUT2D eigenvalue weighted by Gasteiger charge is 2.27. The predicted octanol–water partition coefficient (Wildman–Crippen LogP) is 4.32. The third-order valence-electron chi connectivity index (χ3n) is 5.94. The molecule has 8 heteroatoms. The van der Waals surface area contributed by atoms with Crippen LogP contribution < -0.4 is 9.62 Å². The summed E-state index contributed by atoms with van der Waals surface area (Å²) in [7, 11) is -3.60. The number of sulfonamides is 1. The minimum absolute atomic E-state index is 0.0234. The van der Waals surface area contributed by atoms with Crippen LogP contribution in [0.5, 0.6) is 0 Å². The van der Waals surface area contributed by atoms with Gasteiger partial charge in [0, 0.05) is 29.8 Å². The molecule has 0 atom stereocenters. The van der Waals surface area contributed by atoms with Gasteiger partial charge in [0.2, 0.25) is 15.9 Å². The van der Waals surface area contributed by atoms with Crippen LogP contribution >= 0.6 is 11.6 Å². The Labute approximate surface area is 206 Å². The summed E-state index contributed by atoms with van der Waals surface area (Å²) in [5, 5.41) is 0.494. The van der Waals surface area contributed by atoms with Gasteiger partial charge in [-0.2, -0.15) is 0 Å². The topological polar surface area (TPSA) is 69.7 Å². The monoisotopic (exact) mass is 497 g/mol. The maximum absolute atomic E-state index is 13.3. The standard InChI is InChI=1S/C26H28ClN3O3S/c27-22-11-13-25(14-12-22)34(32,33)28-23-15-17-29(18-16-23)20-26(31)30(24-9-5-2-6-10-24)19-21-7-3-1-4-8-21/h1-14,23,28H,15-20H2. The van der Waals surface area contributed by atoms with E-state index < -0.39 is 10.0 Å². The maximum atomic E-state index is 13.3. The molecular formula is C26H28ClN3O3S. The lowest BCUT2D eigenvalue weighted by Crippen LogP contribution is -2.48. The van der Waals surface area contributed by atoms with E-state index in [4.69, 9.17) is 11.6 Å². The molecule has 0 unspecified atom stereocenters. The molecule has 4 rings (SSSR count). The Kier molecular flexibility index (Phi) is 8.00. The minimum atomic E-state index is -3.60. The normalized spacial score (nSPS) is 15.2. The number of rotatable bonds is 8. The molecule has 3 aromatic rings. The van der Waals surface area contributed by atoms with Crippen LogP contribution in [0.4, 0.5) is 5.69 Å². The SMILES string of the molecule is O=C(CN1CCC(NS(=O)(=O)c2ccc(Cl)cc2)CC1)N(Cc1ccccc1)c1ccccc1. The number of carbonyl (C=O) groups excluding carboxylic acids is 1. The highest BCUT2D eigenvalue weighted by Crippen LogP contribution is 2.20. The summed E-state index contributed by atoms with van der Waals surface area (Å²) >= 11 is 5.87. The highest BCUT2D eigenvalue weighted by atomic mass is 35.5. The molecule has 1 N–H and O–H groups in total. The van der Waals surface area contributed by atoms with Crippen LogP contribution in [0.25, 0.3) is 0 Å². The van der Waals surface area contributed by atoms with E-state index in [1.807, 2.05) is 65.6 Å². The molecule has 1 heterocycles. The first-order valence-corrected chi connectivity index (χ1v) is 13.2. The van der Waals surface area contributed by atoms with E-state index in [9.17, 15) is 13.2 Å². The van der Waals surface area contributed by atoms with Gasteiger partial charge in [0.05, 0.1) is 18.0 Å². The molecule has 1 aliphatic heterocycles. The first-order chi connectivity index (χ1) is 16.4. The molecule has 0 bridgehead atoms. The van der Waals surface area contributed by atoms with Crippen molar-refractivity contribution in [3.63, 3.8) is 0 Å². The van der Waals surface area contributed by atoms with Gasteiger partial charge < -0.3 is 4.90 Å². The van der Waals surface area contributed by atoms with Gasteiger partial charge in [-0.1, -0.05) is 60.1 Å². The molecule has 1 amide bonds. The summed E-state index contributed by atoms with van der Waals surface area (Å²) in [6.07, 6.45) is 1.29. The zero-order valence-corrected chi connectivity index (χ0v) is 20.4. The lowest BCUT2D eigenvalue weighted by Gasteiger charge is -2.33. The van der Waals surface area contributed by atoms with Crippen molar-refractivity contribution in [1.29, 1.82) is 0 Å². The van der Waals surface area contributed by atoms with Crippen LogP contribution in [-0.4, -0.2) is 44.9 Å². The summed E-state index contributed by atoms with van der Waals surface area (Å²) < 4.78 is 28.1. The number of carbonyl (C=O) groups is 1. The van der Waals surface area contributed by atoms with E-state index in [2.05, 4.69) is 9.62 Å². The number of anilines is 1. The molecule has 1 fully saturated rings. The predicted molar refractivity (Wildman–Crippen MR) is 135 cm³/mol. The van der Waals surface area contributed by atoms with Crippen molar-refractivity contribution in [3.05, 3.63) is 95.5 Å². The summed E-state index contributed by atoms with van der Waals surface area (Å²) in [6, 6.07) is 25.6. The van der Waals surface area contributed by atoms with Gasteiger partial charge in [-0.05, 0) is 54.8 Å². The number of likely N-dealkylation sites (tertiary alicyclic amines) is 1. The van der Waals surface area contributed by atoms with Crippen LogP contribution in [0.2, 0.25) is 5.02 Å². The van der Waals surface area contributed by atoms with Crippen LogP contribution in [0.15, 0.2) is 89.8 Å². The minimum Gasteiger partial charge on any atom is -0.307 e. The number of amides is 1. The van der Waals surface area contributed by atoms with E-state index >= 15 is 0 Å². The van der Waals surface area contributed by atoms with Crippen molar-refractivity contribution in [1.82, 2.24) is 9.62 Å². The second-order valence-electron chi connectivity index (χ2n) is 8.43. The van der Waals surface area contributed by atoms with Crippen LogP contribution in [-0.2, 0) is 21.4 Å². The number of hydrogen-bond donors (Lipinski definition) is 1. The number of halogens is 1. The lowest BCUT2D eigenvalue weighted by atomic mass is 10.1. The van der Waals surface area contributed by atoms with E-state index in [1.165, 1.54) is 12.1 Å². The molecule has 0 radical (unpaired) electrons. The van der Waals surface area contributed by atoms with Crippen molar-refractivity contribution in [2.45, 2.75) is 30.3 Å². The molecule has 0 spiro atoms. The van der Waals surface area contributed by atoms with Gasteiger partial charge in [-0.3, -0.25) is 9.69 Å². The van der Waals surface area contributed by atoms with Crippen molar-refractivity contribution in [2.75, 3.05) is 24.5 Å². The first kappa shape index (κ1) is 24.4. The van der Waals surface area contributed by atoms with Crippen molar-refractivity contribution in [2.24, 2.45) is 0 Å². The van der Waals surface area contributed by atoms with Gasteiger partial charge in [0.1, 0.15) is 0 Å². The Bertz CT molecular complexity index is 1180. The van der Waals surface area contributed by atoms with Crippen molar-refractivity contribution < 1.29 is 13.2 Å². The number of nitrogens with one attached hydrogen (secondary N) is 1. The summed E-state index contributed by atoms with van der Waals surface area (Å²) in [5.74, 6) is 0.0234. The molecule has 34 heavy (non-hydrogen) atoms. The number of para-hydroxylation sites is 1. The third-order valence-corrected chi connectivity index (χ3v) is 7.73. The average molecular weight is 498 g/mol. The maximum Gasteiger partial charge on any atom is 0.241 e. The van der Waals surface area contributed by atoms with E-state index in [0.29, 0.717) is 44.0 Å². The molecule has 178 valence electrons. The van der Waals surface area contributed by atoms with E-state index in [-0.39, 0.29) is 16.8 Å². The number of nitrogens with zero attached hydrogens (tertiary/aromatic N) is 2. The zero-order chi connectivity index (χ0) is 24.0. The number of hydrogen-bond acceptors (Lipinski definition) is 4. The Morgan fingerprint density at radius 3 is 2.12 bits per heavy atom. The second-order valence-corrected chi connectivity index (χ2v) is 10.6. The highest BCUT2D eigenvalue weighted by molar-refractivity contribution is 7.89. The summed E-state index contributed by atoms with van der Waals surface area (Å²) in [6.45, 7) is 2.08. The molecule has 0 aromatic heterocycles. The Morgan fingerprint density at radius 1 is 0.912 bits per heavy atom. The molecule has 3 aromatic carbocycles. The van der Waals surface area contributed by atoms with Crippen molar-refractivity contribution in [3.8, 4) is 0 Å². The molecule has 1 aliphatic rings. The van der Waals surface area contributed by atoms with Gasteiger partial charge >= 0.3 is 0 Å². The molecule has 6 nitrogen and oxygen atoms in total.